The highest BCUT2D eigenvalue weighted by Crippen LogP contribution is 2.23. The highest BCUT2D eigenvalue weighted by molar-refractivity contribution is 7.98. The van der Waals surface area contributed by atoms with Crippen LogP contribution in [-0.4, -0.2) is 16.8 Å². The van der Waals surface area contributed by atoms with Crippen molar-refractivity contribution in [2.45, 2.75) is 24.1 Å². The molecular weight excluding hydrogens is 242 g/mol. The van der Waals surface area contributed by atoms with Crippen LogP contribution in [0.5, 0.6) is 0 Å². The molecule has 1 N–H and O–H groups in total. The van der Waals surface area contributed by atoms with Gasteiger partial charge in [0.25, 0.3) is 0 Å². The van der Waals surface area contributed by atoms with Gasteiger partial charge in [-0.05, 0) is 37.7 Å². The lowest BCUT2D eigenvalue weighted by molar-refractivity contribution is 0.727. The van der Waals surface area contributed by atoms with E-state index >= 15 is 0 Å². The monoisotopic (exact) mass is 261 g/mol. The van der Waals surface area contributed by atoms with Crippen LogP contribution in [0, 0.1) is 6.92 Å². The molecule has 0 amide bonds. The number of hydrogen-bond donors (Lipinski definition) is 1. The lowest BCUT2D eigenvalue weighted by atomic mass is 10.2. The molecule has 1 heterocycles. The van der Waals surface area contributed by atoms with E-state index in [0.717, 1.165) is 18.0 Å². The van der Waals surface area contributed by atoms with Gasteiger partial charge in [-0.25, -0.2) is 0 Å². The summed E-state index contributed by atoms with van der Waals surface area (Å²) in [7, 11) is 3.96. The van der Waals surface area contributed by atoms with E-state index < -0.39 is 0 Å². The molecule has 0 saturated carbocycles. The number of thioether (sulfide) groups is 1. The van der Waals surface area contributed by atoms with E-state index in [2.05, 4.69) is 40.7 Å². The molecule has 96 valence electrons. The summed E-state index contributed by atoms with van der Waals surface area (Å²) in [4.78, 5) is 1.30. The van der Waals surface area contributed by atoms with E-state index in [9.17, 15) is 0 Å². The van der Waals surface area contributed by atoms with Crippen molar-refractivity contribution in [3.05, 3.63) is 47.3 Å². The smallest absolute Gasteiger partial charge is 0.0596 e. The molecule has 2 rings (SSSR count). The summed E-state index contributed by atoms with van der Waals surface area (Å²) in [6.45, 7) is 2.95. The van der Waals surface area contributed by atoms with Crippen LogP contribution in [0.2, 0.25) is 0 Å². The molecule has 0 fully saturated rings. The Kier molecular flexibility index (Phi) is 4.44. The van der Waals surface area contributed by atoms with Gasteiger partial charge in [0.1, 0.15) is 0 Å². The van der Waals surface area contributed by atoms with Gasteiger partial charge in [0.05, 0.1) is 5.69 Å². The first-order chi connectivity index (χ1) is 8.69. The molecule has 0 bridgehead atoms. The fraction of sp³-hybridized carbons (Fsp3) is 0.357. The molecule has 1 aromatic heterocycles. The normalized spacial score (nSPS) is 10.8. The van der Waals surface area contributed by atoms with Gasteiger partial charge in [-0.1, -0.05) is 12.1 Å². The third kappa shape index (κ3) is 3.37. The number of hydrogen-bond acceptors (Lipinski definition) is 3. The zero-order valence-corrected chi connectivity index (χ0v) is 11.9. The van der Waals surface area contributed by atoms with Crippen molar-refractivity contribution in [3.8, 4) is 0 Å². The summed E-state index contributed by atoms with van der Waals surface area (Å²) in [5.41, 5.74) is 3.66. The molecule has 4 heteroatoms. The van der Waals surface area contributed by atoms with Crippen molar-refractivity contribution in [3.63, 3.8) is 0 Å². The van der Waals surface area contributed by atoms with E-state index in [1.165, 1.54) is 16.2 Å². The second-order valence-corrected chi connectivity index (χ2v) is 5.41. The van der Waals surface area contributed by atoms with Crippen LogP contribution < -0.4 is 5.32 Å². The van der Waals surface area contributed by atoms with Crippen LogP contribution in [-0.2, 0) is 19.3 Å². The number of nitrogens with zero attached hydrogens (tertiary/aromatic N) is 2. The average molecular weight is 261 g/mol. The van der Waals surface area contributed by atoms with Gasteiger partial charge in [0.2, 0.25) is 0 Å². The Balaban J connectivity index is 1.95. The first kappa shape index (κ1) is 13.2. The van der Waals surface area contributed by atoms with Gasteiger partial charge in [-0.3, -0.25) is 4.68 Å². The maximum atomic E-state index is 4.36. The molecule has 0 spiro atoms. The highest BCUT2D eigenvalue weighted by atomic mass is 32.2. The molecular formula is C14H19N3S. The third-order valence-electron chi connectivity index (χ3n) is 2.79. The summed E-state index contributed by atoms with van der Waals surface area (Å²) in [6.07, 6.45) is 0. The average Bonchev–Trinajstić information content (AvgIpc) is 2.67. The zero-order valence-electron chi connectivity index (χ0n) is 11.1. The Hall–Kier alpha value is -1.26. The van der Waals surface area contributed by atoms with E-state index in [1.54, 1.807) is 0 Å². The third-order valence-corrected chi connectivity index (χ3v) is 3.84. The van der Waals surface area contributed by atoms with Gasteiger partial charge in [-0.2, -0.15) is 5.10 Å². The van der Waals surface area contributed by atoms with Gasteiger partial charge in [0, 0.05) is 29.9 Å². The standard InChI is InChI=1S/C14H19N3S/c1-11-8-13(17(3)16-11)10-18-14-6-4-12(5-7-14)9-15-2/h4-8,15H,9-10H2,1-3H3. The number of rotatable bonds is 5. The summed E-state index contributed by atoms with van der Waals surface area (Å²) < 4.78 is 1.96. The predicted octanol–water partition coefficient (Wildman–Crippen LogP) is 2.74. The minimum absolute atomic E-state index is 0.922. The Bertz CT molecular complexity index is 502. The second kappa shape index (κ2) is 6.07. The Morgan fingerprint density at radius 2 is 2.00 bits per heavy atom. The van der Waals surface area contributed by atoms with Crippen molar-refractivity contribution in [2.24, 2.45) is 7.05 Å². The minimum atomic E-state index is 0.922. The molecule has 0 saturated heterocycles. The fourth-order valence-corrected chi connectivity index (χ4v) is 2.78. The van der Waals surface area contributed by atoms with Crippen molar-refractivity contribution >= 4 is 11.8 Å². The summed E-state index contributed by atoms with van der Waals surface area (Å²) in [5, 5.41) is 7.51. The molecule has 0 radical (unpaired) electrons. The quantitative estimate of drug-likeness (QED) is 0.839. The van der Waals surface area contributed by atoms with Gasteiger partial charge in [0.15, 0.2) is 0 Å². The first-order valence-electron chi connectivity index (χ1n) is 6.05. The number of aryl methyl sites for hydroxylation is 2. The van der Waals surface area contributed by atoms with E-state index in [4.69, 9.17) is 0 Å². The molecule has 0 unspecified atom stereocenters. The summed E-state index contributed by atoms with van der Waals surface area (Å²) in [6, 6.07) is 10.9. The summed E-state index contributed by atoms with van der Waals surface area (Å²) in [5.74, 6) is 0.961. The van der Waals surface area contributed by atoms with Gasteiger partial charge < -0.3 is 5.32 Å². The van der Waals surface area contributed by atoms with E-state index in [-0.39, 0.29) is 0 Å². The molecule has 0 atom stereocenters. The molecule has 0 aliphatic rings. The minimum Gasteiger partial charge on any atom is -0.316 e. The molecule has 3 nitrogen and oxygen atoms in total. The van der Waals surface area contributed by atoms with Crippen LogP contribution in [0.3, 0.4) is 0 Å². The van der Waals surface area contributed by atoms with Crippen molar-refractivity contribution < 1.29 is 0 Å². The van der Waals surface area contributed by atoms with Crippen LogP contribution >= 0.6 is 11.8 Å². The van der Waals surface area contributed by atoms with Gasteiger partial charge in [-0.15, -0.1) is 11.8 Å². The SMILES string of the molecule is CNCc1ccc(SCc2cc(C)nn2C)cc1. The van der Waals surface area contributed by atoms with Crippen molar-refractivity contribution in [1.29, 1.82) is 0 Å². The van der Waals surface area contributed by atoms with E-state index in [0.29, 0.717) is 0 Å². The predicted molar refractivity (Wildman–Crippen MR) is 76.7 cm³/mol. The molecule has 1 aromatic carbocycles. The zero-order chi connectivity index (χ0) is 13.0. The molecule has 18 heavy (non-hydrogen) atoms. The Morgan fingerprint density at radius 1 is 1.28 bits per heavy atom. The Labute approximate surface area is 113 Å². The van der Waals surface area contributed by atoms with Crippen molar-refractivity contribution in [2.75, 3.05) is 7.05 Å². The van der Waals surface area contributed by atoms with Crippen LogP contribution in [0.1, 0.15) is 17.0 Å². The van der Waals surface area contributed by atoms with E-state index in [1.807, 2.05) is 37.5 Å². The molecule has 0 aliphatic carbocycles. The lowest BCUT2D eigenvalue weighted by Gasteiger charge is -2.04. The Morgan fingerprint density at radius 3 is 2.56 bits per heavy atom. The fourth-order valence-electron chi connectivity index (χ4n) is 1.86. The topological polar surface area (TPSA) is 29.9 Å². The molecule has 2 aromatic rings. The van der Waals surface area contributed by atoms with Gasteiger partial charge >= 0.3 is 0 Å². The summed E-state index contributed by atoms with van der Waals surface area (Å²) >= 11 is 1.85. The lowest BCUT2D eigenvalue weighted by Crippen LogP contribution is -2.04. The number of benzene rings is 1. The maximum absolute atomic E-state index is 4.36. The van der Waals surface area contributed by atoms with Crippen LogP contribution in [0.4, 0.5) is 0 Å². The highest BCUT2D eigenvalue weighted by Gasteiger charge is 2.03. The second-order valence-electron chi connectivity index (χ2n) is 4.36. The number of aromatic nitrogens is 2. The first-order valence-corrected chi connectivity index (χ1v) is 7.03. The van der Waals surface area contributed by atoms with Crippen molar-refractivity contribution in [1.82, 2.24) is 15.1 Å². The largest absolute Gasteiger partial charge is 0.316 e. The van der Waals surface area contributed by atoms with Crippen LogP contribution in [0.15, 0.2) is 35.2 Å². The molecule has 0 aliphatic heterocycles. The van der Waals surface area contributed by atoms with Crippen LogP contribution in [0.25, 0.3) is 0 Å². The number of nitrogens with one attached hydrogen (secondary N) is 1. The maximum Gasteiger partial charge on any atom is 0.0596 e.